The third-order valence-electron chi connectivity index (χ3n) is 6.10. The van der Waals surface area contributed by atoms with Crippen molar-refractivity contribution >= 4 is 17.5 Å². The van der Waals surface area contributed by atoms with Gasteiger partial charge in [-0.15, -0.1) is 10.2 Å². The van der Waals surface area contributed by atoms with Gasteiger partial charge in [0, 0.05) is 11.8 Å². The summed E-state index contributed by atoms with van der Waals surface area (Å²) in [6.07, 6.45) is 3.57. The van der Waals surface area contributed by atoms with Crippen molar-refractivity contribution in [2.24, 2.45) is 0 Å². The van der Waals surface area contributed by atoms with Gasteiger partial charge in [0.2, 0.25) is 0 Å². The molecule has 2 heterocycles. The van der Waals surface area contributed by atoms with Crippen LogP contribution in [0.5, 0.6) is 11.5 Å². The van der Waals surface area contributed by atoms with Gasteiger partial charge in [-0.1, -0.05) is 18.2 Å². The lowest BCUT2D eigenvalue weighted by Gasteiger charge is -2.31. The maximum absolute atomic E-state index is 13.6. The Morgan fingerprint density at radius 1 is 1.06 bits per heavy atom. The Kier molecular flexibility index (Phi) is 7.84. The fourth-order valence-corrected chi connectivity index (χ4v) is 5.03. The maximum Gasteiger partial charge on any atom is 0.196 e. The normalized spacial score (nSPS) is 15.2. The Hall–Kier alpha value is -2.91. The van der Waals surface area contributed by atoms with Crippen LogP contribution in [0.2, 0.25) is 0 Å². The van der Waals surface area contributed by atoms with Crippen LogP contribution in [0, 0.1) is 5.82 Å². The second kappa shape index (κ2) is 11.0. The summed E-state index contributed by atoms with van der Waals surface area (Å²) in [5.41, 5.74) is 1.24. The van der Waals surface area contributed by atoms with Crippen LogP contribution in [0.3, 0.4) is 0 Å². The summed E-state index contributed by atoms with van der Waals surface area (Å²) in [5.74, 6) is 1.62. The highest BCUT2D eigenvalue weighted by atomic mass is 32.2. The van der Waals surface area contributed by atoms with Crippen LogP contribution in [0.4, 0.5) is 4.39 Å². The van der Waals surface area contributed by atoms with Gasteiger partial charge >= 0.3 is 0 Å². The number of thioether (sulfide) groups is 1. The van der Waals surface area contributed by atoms with Crippen molar-refractivity contribution in [1.29, 1.82) is 0 Å². The highest BCUT2D eigenvalue weighted by molar-refractivity contribution is 7.99. The Morgan fingerprint density at radius 3 is 2.47 bits per heavy atom. The van der Waals surface area contributed by atoms with Crippen LogP contribution >= 0.6 is 11.8 Å². The predicted molar refractivity (Wildman–Crippen MR) is 130 cm³/mol. The number of hydrogen-bond acceptors (Lipinski definition) is 7. The first-order valence-corrected chi connectivity index (χ1v) is 12.3. The summed E-state index contributed by atoms with van der Waals surface area (Å²) in [4.78, 5) is 15.4. The van der Waals surface area contributed by atoms with E-state index in [4.69, 9.17) is 9.47 Å². The van der Waals surface area contributed by atoms with Crippen molar-refractivity contribution in [2.75, 3.05) is 33.1 Å². The zero-order chi connectivity index (χ0) is 24.1. The van der Waals surface area contributed by atoms with Crippen molar-refractivity contribution in [3.8, 4) is 17.2 Å². The Bertz CT molecular complexity index is 1130. The Balaban J connectivity index is 1.61. The van der Waals surface area contributed by atoms with Gasteiger partial charge in [0.05, 0.1) is 31.6 Å². The van der Waals surface area contributed by atoms with Crippen molar-refractivity contribution in [3.05, 3.63) is 59.7 Å². The quantitative estimate of drug-likeness (QED) is 0.315. The summed E-state index contributed by atoms with van der Waals surface area (Å²) < 4.78 is 26.2. The number of carbonyl (C=O) groups is 1. The largest absolute Gasteiger partial charge is 0.497 e. The molecule has 180 valence electrons. The molecule has 0 aliphatic carbocycles. The average Bonchev–Trinajstić information content (AvgIpc) is 3.31. The summed E-state index contributed by atoms with van der Waals surface area (Å²) in [7, 11) is 3.09. The van der Waals surface area contributed by atoms with E-state index in [2.05, 4.69) is 22.0 Å². The highest BCUT2D eigenvalue weighted by Gasteiger charge is 2.26. The standard InChI is InChI=1S/C25H29FN4O3S/c1-17(29-13-5-4-6-14-29)24-27-28-25(30(24)19-9-7-18(26)8-10-19)34-16-22(31)21-12-11-20(32-2)15-23(21)33-3/h7-12,15,17H,4-6,13-14,16H2,1-3H3. The number of methoxy groups -OCH3 is 2. The molecule has 0 spiro atoms. The van der Waals surface area contributed by atoms with Crippen molar-refractivity contribution in [2.45, 2.75) is 37.4 Å². The summed E-state index contributed by atoms with van der Waals surface area (Å²) in [5, 5.41) is 9.51. The van der Waals surface area contributed by atoms with E-state index in [-0.39, 0.29) is 23.4 Å². The first-order chi connectivity index (χ1) is 16.5. The second-order valence-electron chi connectivity index (χ2n) is 8.20. The second-order valence-corrected chi connectivity index (χ2v) is 9.15. The molecule has 0 saturated carbocycles. The molecule has 34 heavy (non-hydrogen) atoms. The molecule has 3 aromatic rings. The first kappa shape index (κ1) is 24.2. The number of halogens is 1. The fraction of sp³-hybridized carbons (Fsp3) is 0.400. The molecule has 0 N–H and O–H groups in total. The van der Waals surface area contributed by atoms with Crippen LogP contribution in [-0.4, -0.2) is 58.5 Å². The van der Waals surface area contributed by atoms with Crippen molar-refractivity contribution in [3.63, 3.8) is 0 Å². The Labute approximate surface area is 203 Å². The molecule has 1 unspecified atom stereocenters. The summed E-state index contributed by atoms with van der Waals surface area (Å²) in [6, 6.07) is 11.4. The number of Topliss-reactive ketones (excluding diaryl/α,β-unsaturated/α-hetero) is 1. The fourth-order valence-electron chi connectivity index (χ4n) is 4.18. The van der Waals surface area contributed by atoms with Crippen LogP contribution in [0.15, 0.2) is 47.6 Å². The number of carbonyl (C=O) groups excluding carboxylic acids is 1. The number of likely N-dealkylation sites (tertiary alicyclic amines) is 1. The van der Waals surface area contributed by atoms with E-state index in [0.717, 1.165) is 37.4 Å². The first-order valence-electron chi connectivity index (χ1n) is 11.3. The molecule has 1 fully saturated rings. The molecule has 1 aliphatic heterocycles. The molecule has 1 saturated heterocycles. The molecule has 4 rings (SSSR count). The molecule has 9 heteroatoms. The van der Waals surface area contributed by atoms with E-state index in [1.54, 1.807) is 37.4 Å². The number of rotatable bonds is 9. The van der Waals surface area contributed by atoms with Gasteiger partial charge < -0.3 is 9.47 Å². The molecule has 0 amide bonds. The maximum atomic E-state index is 13.6. The van der Waals surface area contributed by atoms with Gasteiger partial charge in [-0.2, -0.15) is 0 Å². The molecule has 1 atom stereocenters. The van der Waals surface area contributed by atoms with Crippen molar-refractivity contribution in [1.82, 2.24) is 19.7 Å². The minimum atomic E-state index is -0.307. The third kappa shape index (κ3) is 5.26. The van der Waals surface area contributed by atoms with Crippen molar-refractivity contribution < 1.29 is 18.7 Å². The molecular weight excluding hydrogens is 455 g/mol. The van der Waals surface area contributed by atoms with Crippen LogP contribution < -0.4 is 9.47 Å². The topological polar surface area (TPSA) is 69.5 Å². The van der Waals surface area contributed by atoms with Gasteiger partial charge in [0.15, 0.2) is 16.8 Å². The van der Waals surface area contributed by atoms with Gasteiger partial charge in [-0.3, -0.25) is 14.3 Å². The zero-order valence-electron chi connectivity index (χ0n) is 19.7. The molecular formula is C25H29FN4O3S. The molecule has 0 bridgehead atoms. The predicted octanol–water partition coefficient (Wildman–Crippen LogP) is 4.95. The van der Waals surface area contributed by atoms with E-state index in [1.807, 2.05) is 4.57 Å². The van der Waals surface area contributed by atoms with Crippen LogP contribution in [-0.2, 0) is 0 Å². The van der Waals surface area contributed by atoms with Crippen LogP contribution in [0.25, 0.3) is 5.69 Å². The smallest absolute Gasteiger partial charge is 0.196 e. The van der Waals surface area contributed by atoms with Gasteiger partial charge in [0.1, 0.15) is 17.3 Å². The van der Waals surface area contributed by atoms with E-state index in [9.17, 15) is 9.18 Å². The molecule has 1 aliphatic rings. The van der Waals surface area contributed by atoms with E-state index in [1.165, 1.54) is 37.4 Å². The molecule has 7 nitrogen and oxygen atoms in total. The molecule has 2 aromatic carbocycles. The highest BCUT2D eigenvalue weighted by Crippen LogP contribution is 2.31. The minimum Gasteiger partial charge on any atom is -0.497 e. The van der Waals surface area contributed by atoms with E-state index in [0.29, 0.717) is 22.2 Å². The number of benzene rings is 2. The number of piperidine rings is 1. The van der Waals surface area contributed by atoms with E-state index >= 15 is 0 Å². The van der Waals surface area contributed by atoms with Gasteiger partial charge in [-0.25, -0.2) is 4.39 Å². The lowest BCUT2D eigenvalue weighted by molar-refractivity contribution is 0.101. The number of ether oxygens (including phenoxy) is 2. The SMILES string of the molecule is COc1ccc(C(=O)CSc2nnc(C(C)N3CCCCC3)n2-c2ccc(F)cc2)c(OC)c1. The van der Waals surface area contributed by atoms with E-state index < -0.39 is 0 Å². The Morgan fingerprint density at radius 2 is 1.79 bits per heavy atom. The summed E-state index contributed by atoms with van der Waals surface area (Å²) in [6.45, 7) is 4.14. The summed E-state index contributed by atoms with van der Waals surface area (Å²) >= 11 is 1.30. The lowest BCUT2D eigenvalue weighted by atomic mass is 10.1. The molecule has 1 aromatic heterocycles. The van der Waals surface area contributed by atoms with Gasteiger partial charge in [0.25, 0.3) is 0 Å². The number of nitrogens with zero attached hydrogens (tertiary/aromatic N) is 4. The number of aromatic nitrogens is 3. The third-order valence-corrected chi connectivity index (χ3v) is 7.03. The zero-order valence-corrected chi connectivity index (χ0v) is 20.5. The van der Waals surface area contributed by atoms with Gasteiger partial charge in [-0.05, 0) is 69.3 Å². The minimum absolute atomic E-state index is 0.0459. The number of ketones is 1. The number of hydrogen-bond donors (Lipinski definition) is 0. The monoisotopic (exact) mass is 484 g/mol. The average molecular weight is 485 g/mol. The van der Waals surface area contributed by atoms with Crippen LogP contribution in [0.1, 0.15) is 48.4 Å². The lowest BCUT2D eigenvalue weighted by Crippen LogP contribution is -2.33. The molecule has 0 radical (unpaired) electrons.